The molecule has 2 atom stereocenters. The Balaban J connectivity index is 1.74. The molecule has 2 N–H and O–H groups in total. The van der Waals surface area contributed by atoms with Crippen LogP contribution in [0.25, 0.3) is 0 Å². The van der Waals surface area contributed by atoms with Crippen molar-refractivity contribution in [2.45, 2.75) is 57.6 Å². The number of halogens is 4. The molecule has 0 radical (unpaired) electrons. The molecular formula is C20H26ClF3N4O2. The lowest BCUT2D eigenvalue weighted by Crippen LogP contribution is -2.50. The first-order valence-electron chi connectivity index (χ1n) is 10.0. The van der Waals surface area contributed by atoms with Gasteiger partial charge in [0.2, 0.25) is 5.91 Å². The van der Waals surface area contributed by atoms with Gasteiger partial charge in [-0.2, -0.15) is 18.2 Å². The minimum absolute atomic E-state index is 0.264. The predicted molar refractivity (Wildman–Crippen MR) is 106 cm³/mol. The Labute approximate surface area is 178 Å². The summed E-state index contributed by atoms with van der Waals surface area (Å²) in [5.74, 6) is -0.164. The lowest BCUT2D eigenvalue weighted by atomic mass is 9.62. The van der Waals surface area contributed by atoms with Crippen molar-refractivity contribution in [3.63, 3.8) is 0 Å². The normalized spacial score (nSPS) is 29.5. The van der Waals surface area contributed by atoms with Crippen LogP contribution in [0.1, 0.15) is 38.4 Å². The number of aromatic nitrogens is 3. The average molecular weight is 447 g/mol. The van der Waals surface area contributed by atoms with Crippen molar-refractivity contribution >= 4 is 17.5 Å². The van der Waals surface area contributed by atoms with E-state index in [-0.39, 0.29) is 11.8 Å². The number of hydrogen-bond donors (Lipinski definition) is 1. The van der Waals surface area contributed by atoms with Crippen molar-refractivity contribution in [1.29, 1.82) is 0 Å². The molecule has 166 valence electrons. The monoisotopic (exact) mass is 446 g/mol. The molecule has 0 bridgehead atoms. The number of aryl methyl sites for hydroxylation is 1. The predicted octanol–water partition coefficient (Wildman–Crippen LogP) is 3.93. The Bertz CT molecular complexity index is 844. The van der Waals surface area contributed by atoms with Crippen LogP contribution in [0.4, 0.5) is 13.2 Å². The van der Waals surface area contributed by atoms with Gasteiger partial charge in [0.25, 0.3) is 0 Å². The summed E-state index contributed by atoms with van der Waals surface area (Å²) in [6.45, 7) is 4.82. The number of primary amides is 1. The third-order valence-corrected chi connectivity index (χ3v) is 6.62. The largest absolute Gasteiger partial charge is 0.463 e. The van der Waals surface area contributed by atoms with Gasteiger partial charge in [0.15, 0.2) is 0 Å². The van der Waals surface area contributed by atoms with E-state index in [1.54, 1.807) is 4.68 Å². The molecule has 0 aromatic carbocycles. The number of allylic oxidation sites excluding steroid dienone is 3. The molecule has 0 aliphatic heterocycles. The summed E-state index contributed by atoms with van der Waals surface area (Å²) >= 11 is 6.37. The number of rotatable bonds is 6. The van der Waals surface area contributed by atoms with E-state index in [2.05, 4.69) is 10.1 Å². The summed E-state index contributed by atoms with van der Waals surface area (Å²) in [4.78, 5) is 16.7. The third kappa shape index (κ3) is 4.36. The van der Waals surface area contributed by atoms with E-state index in [0.717, 1.165) is 30.8 Å². The van der Waals surface area contributed by atoms with Gasteiger partial charge in [0.05, 0.1) is 23.0 Å². The van der Waals surface area contributed by atoms with Crippen LogP contribution < -0.4 is 10.5 Å². The van der Waals surface area contributed by atoms with Crippen molar-refractivity contribution in [3.8, 4) is 6.01 Å². The molecule has 1 aromatic heterocycles. The number of amides is 1. The van der Waals surface area contributed by atoms with Crippen molar-refractivity contribution in [1.82, 2.24) is 14.8 Å². The Kier molecular flexibility index (Phi) is 6.50. The van der Waals surface area contributed by atoms with Gasteiger partial charge in [-0.25, -0.2) is 4.68 Å². The summed E-state index contributed by atoms with van der Waals surface area (Å²) in [6, 6.07) is 0.333. The molecule has 1 aromatic rings. The molecule has 30 heavy (non-hydrogen) atoms. The van der Waals surface area contributed by atoms with E-state index in [4.69, 9.17) is 22.1 Å². The number of nitrogens with zero attached hydrogens (tertiary/aromatic N) is 3. The Morgan fingerprint density at radius 2 is 2.03 bits per heavy atom. The van der Waals surface area contributed by atoms with Crippen LogP contribution in [-0.2, 0) is 11.3 Å². The number of carbonyl (C=O) groups excluding carboxylic acids is 1. The van der Waals surface area contributed by atoms with Crippen LogP contribution in [0.3, 0.4) is 0 Å². The number of carbonyl (C=O) groups is 1. The fourth-order valence-corrected chi connectivity index (χ4v) is 4.91. The quantitative estimate of drug-likeness (QED) is 0.671. The molecule has 2 aliphatic rings. The highest BCUT2D eigenvalue weighted by molar-refractivity contribution is 6.24. The first-order chi connectivity index (χ1) is 14.1. The average Bonchev–Trinajstić information content (AvgIpc) is 3.01. The van der Waals surface area contributed by atoms with Crippen LogP contribution in [0.2, 0.25) is 0 Å². The SMILES string of the molecule is CCOc1nc(C)n(CC2CCC(C3(C(N)=O)C=C(C(F)(F)F)C=CC3Cl)CC2)n1. The zero-order valence-corrected chi connectivity index (χ0v) is 17.7. The maximum absolute atomic E-state index is 13.3. The molecule has 10 heteroatoms. The van der Waals surface area contributed by atoms with Crippen LogP contribution in [0, 0.1) is 24.2 Å². The molecular weight excluding hydrogens is 421 g/mol. The van der Waals surface area contributed by atoms with Gasteiger partial charge in [0.1, 0.15) is 5.82 Å². The van der Waals surface area contributed by atoms with Crippen molar-refractivity contribution in [2.24, 2.45) is 23.0 Å². The van der Waals surface area contributed by atoms with E-state index >= 15 is 0 Å². The Hall–Kier alpha value is -2.03. The number of hydrogen-bond acceptors (Lipinski definition) is 4. The highest BCUT2D eigenvalue weighted by Crippen LogP contribution is 2.50. The molecule has 1 saturated carbocycles. The van der Waals surface area contributed by atoms with Crippen molar-refractivity contribution < 1.29 is 22.7 Å². The first kappa shape index (κ1) is 22.7. The first-order valence-corrected chi connectivity index (χ1v) is 10.5. The minimum Gasteiger partial charge on any atom is -0.463 e. The van der Waals surface area contributed by atoms with Gasteiger partial charge in [0, 0.05) is 6.54 Å². The van der Waals surface area contributed by atoms with E-state index in [9.17, 15) is 18.0 Å². The topological polar surface area (TPSA) is 83.0 Å². The standard InChI is InChI=1S/C20H26ClF3N4O2/c1-3-30-18-26-12(2)28(27-18)11-13-4-6-14(7-5-13)19(17(25)29)10-15(20(22,23)24)8-9-16(19)21/h8-10,13-14,16H,3-7,11H2,1-2H3,(H2,25,29). The van der Waals surface area contributed by atoms with E-state index < -0.39 is 28.4 Å². The maximum atomic E-state index is 13.3. The third-order valence-electron chi connectivity index (χ3n) is 6.11. The fraction of sp³-hybridized carbons (Fsp3) is 0.650. The van der Waals surface area contributed by atoms with E-state index in [0.29, 0.717) is 32.0 Å². The van der Waals surface area contributed by atoms with Gasteiger partial charge in [-0.15, -0.1) is 16.7 Å². The molecule has 0 saturated heterocycles. The number of nitrogens with two attached hydrogens (primary N) is 1. The van der Waals surface area contributed by atoms with Gasteiger partial charge in [-0.05, 0) is 51.4 Å². The van der Waals surface area contributed by atoms with E-state index in [1.807, 2.05) is 13.8 Å². The molecule has 6 nitrogen and oxygen atoms in total. The second-order valence-electron chi connectivity index (χ2n) is 7.93. The molecule has 2 unspecified atom stereocenters. The van der Waals surface area contributed by atoms with Crippen molar-refractivity contribution in [3.05, 3.63) is 29.6 Å². The molecule has 2 aliphatic carbocycles. The highest BCUT2D eigenvalue weighted by atomic mass is 35.5. The molecule has 1 heterocycles. The number of ether oxygens (including phenoxy) is 1. The molecule has 1 fully saturated rings. The Morgan fingerprint density at radius 3 is 2.60 bits per heavy atom. The van der Waals surface area contributed by atoms with Crippen molar-refractivity contribution in [2.75, 3.05) is 6.61 Å². The molecule has 0 spiro atoms. The summed E-state index contributed by atoms with van der Waals surface area (Å²) < 4.78 is 47.0. The van der Waals surface area contributed by atoms with Gasteiger partial charge >= 0.3 is 12.2 Å². The maximum Gasteiger partial charge on any atom is 0.416 e. The van der Waals surface area contributed by atoms with Crippen LogP contribution in [0.5, 0.6) is 6.01 Å². The second-order valence-corrected chi connectivity index (χ2v) is 8.40. The number of alkyl halides is 4. The van der Waals surface area contributed by atoms with E-state index in [1.165, 1.54) is 6.08 Å². The van der Waals surface area contributed by atoms with Crippen LogP contribution in [0.15, 0.2) is 23.8 Å². The van der Waals surface area contributed by atoms with Gasteiger partial charge in [-0.1, -0.05) is 18.2 Å². The summed E-state index contributed by atoms with van der Waals surface area (Å²) in [5, 5.41) is 3.43. The molecule has 3 rings (SSSR count). The Morgan fingerprint density at radius 1 is 1.37 bits per heavy atom. The summed E-state index contributed by atoms with van der Waals surface area (Å²) in [6.07, 6.45) is 1.11. The lowest BCUT2D eigenvalue weighted by molar-refractivity contribution is -0.128. The highest BCUT2D eigenvalue weighted by Gasteiger charge is 2.51. The minimum atomic E-state index is -4.56. The fourth-order valence-electron chi connectivity index (χ4n) is 4.48. The van der Waals surface area contributed by atoms with Gasteiger partial charge < -0.3 is 10.5 Å². The van der Waals surface area contributed by atoms with Crippen LogP contribution in [-0.4, -0.2) is 38.8 Å². The zero-order chi connectivity index (χ0) is 22.1. The smallest absolute Gasteiger partial charge is 0.416 e. The zero-order valence-electron chi connectivity index (χ0n) is 17.0. The molecule has 1 amide bonds. The summed E-state index contributed by atoms with van der Waals surface area (Å²) in [5.41, 5.74) is 3.22. The second kappa shape index (κ2) is 8.61. The summed E-state index contributed by atoms with van der Waals surface area (Å²) in [7, 11) is 0. The van der Waals surface area contributed by atoms with Crippen LogP contribution >= 0.6 is 11.6 Å². The van der Waals surface area contributed by atoms with Gasteiger partial charge in [-0.3, -0.25) is 4.79 Å². The lowest BCUT2D eigenvalue weighted by Gasteiger charge is -2.43.